The zero-order valence-corrected chi connectivity index (χ0v) is 27.7. The predicted octanol–water partition coefficient (Wildman–Crippen LogP) is 12.9. The Morgan fingerprint density at radius 1 is 0.460 bits per heavy atom. The number of fused-ring (bicyclic) bond motifs is 8. The molecule has 1 aliphatic rings. The second-order valence-electron chi connectivity index (χ2n) is 13.3. The molecule has 236 valence electrons. The Morgan fingerprint density at radius 2 is 1.08 bits per heavy atom. The average Bonchev–Trinajstić information content (AvgIpc) is 3.72. The molecule has 2 heteroatoms. The third-order valence-electron chi connectivity index (χ3n) is 10.6. The van der Waals surface area contributed by atoms with Crippen LogP contribution < -0.4 is 4.90 Å². The first-order valence-corrected chi connectivity index (χ1v) is 17.3. The van der Waals surface area contributed by atoms with Gasteiger partial charge in [0.1, 0.15) is 5.58 Å². The fourth-order valence-corrected chi connectivity index (χ4v) is 8.51. The first kappa shape index (κ1) is 28.6. The van der Waals surface area contributed by atoms with Crippen LogP contribution in [0.25, 0.3) is 43.8 Å². The van der Waals surface area contributed by atoms with Gasteiger partial charge in [-0.2, -0.15) is 0 Å². The average molecular weight is 640 g/mol. The lowest BCUT2D eigenvalue weighted by molar-refractivity contribution is 0.666. The Balaban J connectivity index is 1.31. The van der Waals surface area contributed by atoms with Crippen LogP contribution in [0.2, 0.25) is 0 Å². The molecular formula is C48H33NO. The van der Waals surface area contributed by atoms with E-state index in [-0.39, 0.29) is 0 Å². The van der Waals surface area contributed by atoms with Gasteiger partial charge in [0.15, 0.2) is 5.58 Å². The van der Waals surface area contributed by atoms with Gasteiger partial charge in [-0.25, -0.2) is 0 Å². The molecule has 0 amide bonds. The van der Waals surface area contributed by atoms with Crippen molar-refractivity contribution in [1.82, 2.24) is 0 Å². The van der Waals surface area contributed by atoms with Crippen molar-refractivity contribution in [2.45, 2.75) is 12.3 Å². The number of anilines is 3. The number of furan rings is 1. The highest BCUT2D eigenvalue weighted by Crippen LogP contribution is 2.59. The summed E-state index contributed by atoms with van der Waals surface area (Å²) >= 11 is 0. The van der Waals surface area contributed by atoms with Gasteiger partial charge in [-0.3, -0.25) is 0 Å². The molecule has 2 nitrogen and oxygen atoms in total. The van der Waals surface area contributed by atoms with Crippen molar-refractivity contribution in [3.63, 3.8) is 0 Å². The predicted molar refractivity (Wildman–Crippen MR) is 208 cm³/mol. The summed E-state index contributed by atoms with van der Waals surface area (Å²) in [7, 11) is 0. The highest BCUT2D eigenvalue weighted by atomic mass is 16.3. The van der Waals surface area contributed by atoms with Gasteiger partial charge >= 0.3 is 0 Å². The summed E-state index contributed by atoms with van der Waals surface area (Å²) in [6.07, 6.45) is 0. The van der Waals surface area contributed by atoms with Gasteiger partial charge in [-0.1, -0.05) is 152 Å². The molecule has 0 fully saturated rings. The van der Waals surface area contributed by atoms with Crippen molar-refractivity contribution in [2.24, 2.45) is 0 Å². The zero-order chi connectivity index (χ0) is 33.2. The van der Waals surface area contributed by atoms with Crippen LogP contribution >= 0.6 is 0 Å². The molecule has 0 saturated heterocycles. The second-order valence-corrected chi connectivity index (χ2v) is 13.3. The van der Waals surface area contributed by atoms with Gasteiger partial charge in [0.05, 0.1) is 11.1 Å². The van der Waals surface area contributed by atoms with Crippen molar-refractivity contribution < 1.29 is 4.42 Å². The molecule has 1 aliphatic carbocycles. The van der Waals surface area contributed by atoms with Crippen molar-refractivity contribution in [3.8, 4) is 11.1 Å². The maximum atomic E-state index is 6.77. The fourth-order valence-electron chi connectivity index (χ4n) is 8.51. The minimum atomic E-state index is -0.530. The molecule has 1 aromatic heterocycles. The quantitative estimate of drug-likeness (QED) is 0.186. The summed E-state index contributed by atoms with van der Waals surface area (Å²) in [4.78, 5) is 2.36. The Kier molecular flexibility index (Phi) is 6.34. The number of hydrogen-bond donors (Lipinski definition) is 0. The van der Waals surface area contributed by atoms with Gasteiger partial charge in [-0.15, -0.1) is 0 Å². The largest absolute Gasteiger partial charge is 0.454 e. The number of rotatable bonds is 5. The summed E-state index contributed by atoms with van der Waals surface area (Å²) in [5, 5.41) is 4.77. The van der Waals surface area contributed by atoms with Crippen LogP contribution in [0.4, 0.5) is 17.1 Å². The van der Waals surface area contributed by atoms with Crippen LogP contribution in [0.5, 0.6) is 0 Å². The highest BCUT2D eigenvalue weighted by Gasteiger charge is 2.47. The fraction of sp³-hybridized carbons (Fsp3) is 0.0417. The molecule has 0 bridgehead atoms. The van der Waals surface area contributed by atoms with Crippen LogP contribution in [0.1, 0.15) is 27.8 Å². The van der Waals surface area contributed by atoms with E-state index in [9.17, 15) is 0 Å². The van der Waals surface area contributed by atoms with E-state index in [1.165, 1.54) is 44.2 Å². The Labute approximate surface area is 291 Å². The highest BCUT2D eigenvalue weighted by molar-refractivity contribution is 6.11. The Bertz CT molecular complexity index is 2670. The molecule has 10 rings (SSSR count). The SMILES string of the molecule is Cc1cccc2c1oc1c(N(c3ccccc3)c3ccc4c(c3)C(c3ccccc3)(c3ccccc3)c3ccc5ccccc5c3-4)cccc12. The minimum Gasteiger partial charge on any atom is -0.454 e. The topological polar surface area (TPSA) is 16.4 Å². The maximum absolute atomic E-state index is 6.77. The number of nitrogens with zero attached hydrogens (tertiary/aromatic N) is 1. The van der Waals surface area contributed by atoms with E-state index in [0.29, 0.717) is 0 Å². The molecule has 0 N–H and O–H groups in total. The lowest BCUT2D eigenvalue weighted by Gasteiger charge is -2.35. The molecule has 8 aromatic carbocycles. The van der Waals surface area contributed by atoms with Gasteiger partial charge in [0.25, 0.3) is 0 Å². The van der Waals surface area contributed by atoms with E-state index in [1.807, 2.05) is 0 Å². The molecule has 0 radical (unpaired) electrons. The zero-order valence-electron chi connectivity index (χ0n) is 27.7. The molecule has 0 saturated carbocycles. The van der Waals surface area contributed by atoms with Crippen molar-refractivity contribution >= 4 is 49.8 Å². The smallest absolute Gasteiger partial charge is 0.159 e. The lowest BCUT2D eigenvalue weighted by Crippen LogP contribution is -2.28. The van der Waals surface area contributed by atoms with Crippen LogP contribution in [0.3, 0.4) is 0 Å². The molecule has 0 unspecified atom stereocenters. The number of hydrogen-bond acceptors (Lipinski definition) is 2. The van der Waals surface area contributed by atoms with Crippen molar-refractivity contribution in [2.75, 3.05) is 4.90 Å². The Hall–Kier alpha value is -6.38. The first-order chi connectivity index (χ1) is 24.7. The summed E-state index contributed by atoms with van der Waals surface area (Å²) in [5.74, 6) is 0. The standard InChI is InChI=1S/C48H33NO/c1-32-15-13-24-39-40-25-14-26-44(47(40)50-46(32)39)49(36-21-9-4-10-22-36)37-28-29-41-43(31-37)48(34-17-5-2-6-18-34,35-19-7-3-8-20-35)42-30-27-33-16-11-12-23-38(33)45(41)42/h2-31H,1H3. The van der Waals surface area contributed by atoms with Gasteiger partial charge < -0.3 is 9.32 Å². The van der Waals surface area contributed by atoms with E-state index in [4.69, 9.17) is 4.42 Å². The van der Waals surface area contributed by atoms with E-state index < -0.39 is 5.41 Å². The van der Waals surface area contributed by atoms with Crippen LogP contribution in [0.15, 0.2) is 186 Å². The van der Waals surface area contributed by atoms with Crippen LogP contribution in [-0.2, 0) is 5.41 Å². The van der Waals surface area contributed by atoms with Gasteiger partial charge in [0.2, 0.25) is 0 Å². The molecular weight excluding hydrogens is 607 g/mol. The van der Waals surface area contributed by atoms with Crippen LogP contribution in [-0.4, -0.2) is 0 Å². The summed E-state index contributed by atoms with van der Waals surface area (Å²) < 4.78 is 6.77. The van der Waals surface area contributed by atoms with E-state index in [1.54, 1.807) is 0 Å². The number of aryl methyl sites for hydroxylation is 1. The number of benzene rings is 8. The first-order valence-electron chi connectivity index (χ1n) is 17.3. The number of para-hydroxylation sites is 3. The maximum Gasteiger partial charge on any atom is 0.159 e. The van der Waals surface area contributed by atoms with Crippen LogP contribution in [0, 0.1) is 6.92 Å². The van der Waals surface area contributed by atoms with E-state index >= 15 is 0 Å². The monoisotopic (exact) mass is 639 g/mol. The molecule has 0 atom stereocenters. The Morgan fingerprint density at radius 3 is 1.82 bits per heavy atom. The third-order valence-corrected chi connectivity index (χ3v) is 10.6. The normalized spacial score (nSPS) is 13.1. The molecule has 9 aromatic rings. The minimum absolute atomic E-state index is 0.530. The second kappa shape index (κ2) is 11.1. The lowest BCUT2D eigenvalue weighted by atomic mass is 9.67. The van der Waals surface area contributed by atoms with Crippen molar-refractivity contribution in [1.29, 1.82) is 0 Å². The van der Waals surface area contributed by atoms with Crippen molar-refractivity contribution in [3.05, 3.63) is 210 Å². The molecule has 1 heterocycles. The van der Waals surface area contributed by atoms with E-state index in [2.05, 4.69) is 194 Å². The molecule has 50 heavy (non-hydrogen) atoms. The molecule has 0 spiro atoms. The summed E-state index contributed by atoms with van der Waals surface area (Å²) in [6, 6.07) is 66.2. The third kappa shape index (κ3) is 4.02. The molecule has 0 aliphatic heterocycles. The summed E-state index contributed by atoms with van der Waals surface area (Å²) in [6.45, 7) is 2.12. The van der Waals surface area contributed by atoms with Gasteiger partial charge in [0, 0.05) is 22.1 Å². The van der Waals surface area contributed by atoms with Gasteiger partial charge in [-0.05, 0) is 87.0 Å². The summed E-state index contributed by atoms with van der Waals surface area (Å²) in [5.41, 5.74) is 13.2. The van der Waals surface area contributed by atoms with E-state index in [0.717, 1.165) is 44.6 Å².